The van der Waals surface area contributed by atoms with Crippen molar-refractivity contribution in [3.05, 3.63) is 35.9 Å². The Labute approximate surface area is 103 Å². The van der Waals surface area contributed by atoms with Gasteiger partial charge in [0.15, 0.2) is 0 Å². The Hall–Kier alpha value is -1.35. The number of hydrogen-bond acceptors (Lipinski definition) is 2. The van der Waals surface area contributed by atoms with Gasteiger partial charge in [0.05, 0.1) is 5.92 Å². The van der Waals surface area contributed by atoms with Gasteiger partial charge in [0.2, 0.25) is 5.91 Å². The molecule has 0 unspecified atom stereocenters. The van der Waals surface area contributed by atoms with E-state index in [1.54, 1.807) is 0 Å². The van der Waals surface area contributed by atoms with Crippen LogP contribution in [0.5, 0.6) is 0 Å². The van der Waals surface area contributed by atoms with Crippen LogP contribution in [-0.2, 0) is 11.2 Å². The first kappa shape index (κ1) is 12.1. The lowest BCUT2D eigenvalue weighted by Crippen LogP contribution is -2.41. The fraction of sp³-hybridized carbons (Fsp3) is 0.500. The van der Waals surface area contributed by atoms with Crippen LogP contribution in [0.2, 0.25) is 0 Å². The number of nitrogens with two attached hydrogens (primary N) is 1. The second-order valence-electron chi connectivity index (χ2n) is 4.78. The van der Waals surface area contributed by atoms with E-state index >= 15 is 0 Å². The lowest BCUT2D eigenvalue weighted by Gasteiger charge is -2.31. The summed E-state index contributed by atoms with van der Waals surface area (Å²) in [5.41, 5.74) is 6.73. The van der Waals surface area contributed by atoms with Gasteiger partial charge >= 0.3 is 0 Å². The second-order valence-corrected chi connectivity index (χ2v) is 4.78. The Morgan fingerprint density at radius 1 is 1.35 bits per heavy atom. The monoisotopic (exact) mass is 232 g/mol. The van der Waals surface area contributed by atoms with Crippen molar-refractivity contribution in [2.75, 3.05) is 19.6 Å². The van der Waals surface area contributed by atoms with Gasteiger partial charge in [0.25, 0.3) is 0 Å². The van der Waals surface area contributed by atoms with E-state index in [1.165, 1.54) is 5.56 Å². The van der Waals surface area contributed by atoms with Crippen molar-refractivity contribution in [3.63, 3.8) is 0 Å². The highest BCUT2D eigenvalue weighted by atomic mass is 16.1. The summed E-state index contributed by atoms with van der Waals surface area (Å²) < 4.78 is 0. The van der Waals surface area contributed by atoms with Crippen LogP contribution >= 0.6 is 0 Å². The first-order valence-electron chi connectivity index (χ1n) is 6.31. The predicted molar refractivity (Wildman–Crippen MR) is 68.5 cm³/mol. The average molecular weight is 232 g/mol. The van der Waals surface area contributed by atoms with Gasteiger partial charge in [-0.1, -0.05) is 30.3 Å². The maximum atomic E-state index is 11.2. The van der Waals surface area contributed by atoms with Crippen molar-refractivity contribution in [2.45, 2.75) is 19.3 Å². The summed E-state index contributed by atoms with van der Waals surface area (Å²) in [5.74, 6) is -0.0889. The van der Waals surface area contributed by atoms with Crippen LogP contribution in [0.1, 0.15) is 18.4 Å². The second kappa shape index (κ2) is 5.82. The smallest absolute Gasteiger partial charge is 0.221 e. The number of rotatable bonds is 4. The molecule has 1 aliphatic heterocycles. The lowest BCUT2D eigenvalue weighted by molar-refractivity contribution is -0.123. The molecule has 2 N–H and O–H groups in total. The minimum atomic E-state index is -0.144. The minimum absolute atomic E-state index is 0.0551. The average Bonchev–Trinajstić information content (AvgIpc) is 2.38. The fourth-order valence-corrected chi connectivity index (χ4v) is 2.42. The summed E-state index contributed by atoms with van der Waals surface area (Å²) in [6.45, 7) is 2.95. The summed E-state index contributed by atoms with van der Waals surface area (Å²) in [4.78, 5) is 13.5. The van der Waals surface area contributed by atoms with Crippen molar-refractivity contribution < 1.29 is 4.79 Å². The summed E-state index contributed by atoms with van der Waals surface area (Å²) in [6.07, 6.45) is 3.09. The number of piperidine rings is 1. The summed E-state index contributed by atoms with van der Waals surface area (Å²) in [6, 6.07) is 10.5. The minimum Gasteiger partial charge on any atom is -0.369 e. The molecule has 0 aromatic heterocycles. The highest BCUT2D eigenvalue weighted by Gasteiger charge is 2.23. The zero-order valence-corrected chi connectivity index (χ0v) is 10.1. The van der Waals surface area contributed by atoms with E-state index in [4.69, 9.17) is 5.73 Å². The quantitative estimate of drug-likeness (QED) is 0.853. The standard InChI is InChI=1S/C14H20N2O/c15-14(17)13-7-4-9-16(11-13)10-8-12-5-2-1-3-6-12/h1-3,5-6,13H,4,7-11H2,(H2,15,17)/t13-/m0/s1. The molecule has 1 amide bonds. The highest BCUT2D eigenvalue weighted by molar-refractivity contribution is 5.76. The zero-order valence-electron chi connectivity index (χ0n) is 10.1. The number of amides is 1. The molecule has 1 heterocycles. The Kier molecular flexibility index (Phi) is 4.15. The largest absolute Gasteiger partial charge is 0.369 e. The molecule has 0 spiro atoms. The van der Waals surface area contributed by atoms with Crippen molar-refractivity contribution in [2.24, 2.45) is 11.7 Å². The summed E-state index contributed by atoms with van der Waals surface area (Å²) >= 11 is 0. The number of benzene rings is 1. The van der Waals surface area contributed by atoms with Crippen LogP contribution in [0.15, 0.2) is 30.3 Å². The van der Waals surface area contributed by atoms with Crippen LogP contribution < -0.4 is 5.73 Å². The van der Waals surface area contributed by atoms with E-state index in [9.17, 15) is 4.79 Å². The Morgan fingerprint density at radius 2 is 2.12 bits per heavy atom. The van der Waals surface area contributed by atoms with Crippen LogP contribution in [0, 0.1) is 5.92 Å². The molecule has 0 aliphatic carbocycles. The summed E-state index contributed by atoms with van der Waals surface area (Å²) in [5, 5.41) is 0. The normalized spacial score (nSPS) is 21.3. The van der Waals surface area contributed by atoms with E-state index < -0.39 is 0 Å². The van der Waals surface area contributed by atoms with E-state index in [1.807, 2.05) is 6.07 Å². The number of nitrogens with zero attached hydrogens (tertiary/aromatic N) is 1. The molecule has 1 aromatic carbocycles. The first-order chi connectivity index (χ1) is 8.25. The third-order valence-corrected chi connectivity index (χ3v) is 3.47. The number of carbonyl (C=O) groups excluding carboxylic acids is 1. The molecular formula is C14H20N2O. The molecule has 2 rings (SSSR count). The molecule has 0 bridgehead atoms. The van der Waals surface area contributed by atoms with Crippen molar-refractivity contribution in [3.8, 4) is 0 Å². The van der Waals surface area contributed by atoms with Gasteiger partial charge in [-0.2, -0.15) is 0 Å². The Balaban J connectivity index is 1.81. The van der Waals surface area contributed by atoms with Crippen molar-refractivity contribution in [1.29, 1.82) is 0 Å². The van der Waals surface area contributed by atoms with Gasteiger partial charge in [-0.15, -0.1) is 0 Å². The molecule has 3 heteroatoms. The maximum absolute atomic E-state index is 11.2. The third-order valence-electron chi connectivity index (χ3n) is 3.47. The molecule has 1 saturated heterocycles. The van der Waals surface area contributed by atoms with E-state index in [2.05, 4.69) is 29.2 Å². The molecule has 1 aromatic rings. The van der Waals surface area contributed by atoms with E-state index in [0.29, 0.717) is 0 Å². The fourth-order valence-electron chi connectivity index (χ4n) is 2.42. The summed E-state index contributed by atoms with van der Waals surface area (Å²) in [7, 11) is 0. The Bertz CT molecular complexity index is 364. The molecule has 17 heavy (non-hydrogen) atoms. The van der Waals surface area contributed by atoms with Gasteiger partial charge in [0.1, 0.15) is 0 Å². The number of carbonyl (C=O) groups is 1. The highest BCUT2D eigenvalue weighted by Crippen LogP contribution is 2.16. The van der Waals surface area contributed by atoms with Crippen molar-refractivity contribution in [1.82, 2.24) is 4.90 Å². The van der Waals surface area contributed by atoms with Crippen LogP contribution in [0.25, 0.3) is 0 Å². The number of hydrogen-bond donors (Lipinski definition) is 1. The molecule has 0 radical (unpaired) electrons. The number of primary amides is 1. The van der Waals surface area contributed by atoms with Gasteiger partial charge < -0.3 is 10.6 Å². The first-order valence-corrected chi connectivity index (χ1v) is 6.31. The van der Waals surface area contributed by atoms with Gasteiger partial charge in [-0.05, 0) is 31.4 Å². The van der Waals surface area contributed by atoms with Gasteiger partial charge in [-0.3, -0.25) is 4.79 Å². The molecule has 1 atom stereocenters. The molecule has 1 fully saturated rings. The zero-order chi connectivity index (χ0) is 12.1. The van der Waals surface area contributed by atoms with E-state index in [0.717, 1.165) is 38.9 Å². The SMILES string of the molecule is NC(=O)[C@H]1CCCN(CCc2ccccc2)C1. The van der Waals surface area contributed by atoms with Gasteiger partial charge in [-0.25, -0.2) is 0 Å². The molecule has 0 saturated carbocycles. The molecule has 92 valence electrons. The van der Waals surface area contributed by atoms with Crippen molar-refractivity contribution >= 4 is 5.91 Å². The topological polar surface area (TPSA) is 46.3 Å². The molecule has 3 nitrogen and oxygen atoms in total. The van der Waals surface area contributed by atoms with Crippen LogP contribution in [0.3, 0.4) is 0 Å². The lowest BCUT2D eigenvalue weighted by atomic mass is 9.97. The maximum Gasteiger partial charge on any atom is 0.221 e. The van der Waals surface area contributed by atoms with E-state index in [-0.39, 0.29) is 11.8 Å². The Morgan fingerprint density at radius 3 is 2.82 bits per heavy atom. The number of likely N-dealkylation sites (tertiary alicyclic amines) is 1. The molecular weight excluding hydrogens is 212 g/mol. The molecule has 1 aliphatic rings. The predicted octanol–water partition coefficient (Wildman–Crippen LogP) is 1.43. The van der Waals surface area contributed by atoms with Gasteiger partial charge in [0, 0.05) is 13.1 Å². The third kappa shape index (κ3) is 3.56. The van der Waals surface area contributed by atoms with Crippen LogP contribution in [-0.4, -0.2) is 30.4 Å². The van der Waals surface area contributed by atoms with Crippen LogP contribution in [0.4, 0.5) is 0 Å².